The van der Waals surface area contributed by atoms with Gasteiger partial charge in [0, 0.05) is 5.56 Å². The fourth-order valence-corrected chi connectivity index (χ4v) is 1.74. The molecule has 0 heterocycles. The molecule has 0 aromatic heterocycles. The molecule has 2 heteroatoms. The van der Waals surface area contributed by atoms with Crippen LogP contribution in [-0.4, -0.2) is 10.9 Å². The van der Waals surface area contributed by atoms with Crippen molar-refractivity contribution in [3.8, 4) is 5.75 Å². The van der Waals surface area contributed by atoms with E-state index in [0.717, 1.165) is 17.5 Å². The predicted octanol–water partition coefficient (Wildman–Crippen LogP) is 3.45. The Morgan fingerprint density at radius 1 is 1.31 bits per heavy atom. The van der Waals surface area contributed by atoms with Gasteiger partial charge in [0.15, 0.2) is 5.78 Å². The second-order valence-electron chi connectivity index (χ2n) is 5.20. The smallest absolute Gasteiger partial charge is 0.163 e. The third kappa shape index (κ3) is 2.43. The van der Waals surface area contributed by atoms with Crippen molar-refractivity contribution in [3.63, 3.8) is 0 Å². The Balaban J connectivity index is 3.50. The maximum atomic E-state index is 11.5. The van der Waals surface area contributed by atoms with Gasteiger partial charge in [0.1, 0.15) is 5.75 Å². The Morgan fingerprint density at radius 2 is 1.88 bits per heavy atom. The first-order chi connectivity index (χ1) is 7.27. The molecule has 2 nitrogen and oxygen atoms in total. The largest absolute Gasteiger partial charge is 0.507 e. The number of aryl methyl sites for hydroxylation is 1. The van der Waals surface area contributed by atoms with E-state index in [2.05, 4.69) is 0 Å². The van der Waals surface area contributed by atoms with Crippen LogP contribution in [0.2, 0.25) is 0 Å². The number of Topliss-reactive ketones (excluding diaryl/α,β-unsaturated/α-hetero) is 1. The van der Waals surface area contributed by atoms with E-state index >= 15 is 0 Å². The maximum Gasteiger partial charge on any atom is 0.163 e. The number of carbonyl (C=O) groups is 1. The molecule has 0 aliphatic carbocycles. The van der Waals surface area contributed by atoms with Gasteiger partial charge in [-0.3, -0.25) is 4.79 Å². The number of rotatable bonds is 2. The quantitative estimate of drug-likeness (QED) is 0.775. The Morgan fingerprint density at radius 3 is 2.25 bits per heavy atom. The van der Waals surface area contributed by atoms with Gasteiger partial charge in [0.05, 0.1) is 5.56 Å². The zero-order chi connectivity index (χ0) is 12.5. The number of ketones is 1. The van der Waals surface area contributed by atoms with Crippen LogP contribution in [0.15, 0.2) is 12.1 Å². The molecule has 0 aliphatic heterocycles. The van der Waals surface area contributed by atoms with E-state index < -0.39 is 0 Å². The highest BCUT2D eigenvalue weighted by Crippen LogP contribution is 2.34. The van der Waals surface area contributed by atoms with Crippen LogP contribution in [0, 0.1) is 0 Å². The predicted molar refractivity (Wildman–Crippen MR) is 66.2 cm³/mol. The molecular formula is C14H20O2. The van der Waals surface area contributed by atoms with Crippen LogP contribution in [0.5, 0.6) is 5.75 Å². The summed E-state index contributed by atoms with van der Waals surface area (Å²) < 4.78 is 0. The van der Waals surface area contributed by atoms with Gasteiger partial charge in [-0.25, -0.2) is 0 Å². The summed E-state index contributed by atoms with van der Waals surface area (Å²) in [4.78, 5) is 11.5. The van der Waals surface area contributed by atoms with Crippen molar-refractivity contribution in [2.24, 2.45) is 0 Å². The first-order valence-electron chi connectivity index (χ1n) is 5.64. The standard InChI is InChI=1S/C14H20O2/c1-6-10-7-11(9(2)15)13(16)12(8-10)14(3,4)5/h7-8,16H,6H2,1-5H3. The van der Waals surface area contributed by atoms with Gasteiger partial charge in [0.25, 0.3) is 0 Å². The zero-order valence-electron chi connectivity index (χ0n) is 10.7. The molecule has 88 valence electrons. The lowest BCUT2D eigenvalue weighted by molar-refractivity contribution is 0.101. The van der Waals surface area contributed by atoms with E-state index in [1.54, 1.807) is 6.07 Å². The highest BCUT2D eigenvalue weighted by Gasteiger charge is 2.22. The molecule has 1 aromatic carbocycles. The molecule has 1 N–H and O–H groups in total. The number of hydrogen-bond acceptors (Lipinski definition) is 2. The van der Waals surface area contributed by atoms with Gasteiger partial charge < -0.3 is 5.11 Å². The molecule has 0 saturated heterocycles. The van der Waals surface area contributed by atoms with E-state index in [0.29, 0.717) is 5.56 Å². The molecule has 0 bridgehead atoms. The van der Waals surface area contributed by atoms with Crippen molar-refractivity contribution in [2.75, 3.05) is 0 Å². The summed E-state index contributed by atoms with van der Waals surface area (Å²) in [6.45, 7) is 9.63. The van der Waals surface area contributed by atoms with Gasteiger partial charge in [-0.2, -0.15) is 0 Å². The van der Waals surface area contributed by atoms with Crippen LogP contribution in [-0.2, 0) is 11.8 Å². The summed E-state index contributed by atoms with van der Waals surface area (Å²) in [5.74, 6) is 0.0514. The van der Waals surface area contributed by atoms with E-state index in [1.165, 1.54) is 6.92 Å². The van der Waals surface area contributed by atoms with Crippen LogP contribution in [0.1, 0.15) is 56.1 Å². The van der Waals surface area contributed by atoms with Gasteiger partial charge in [0.2, 0.25) is 0 Å². The second kappa shape index (κ2) is 4.28. The van der Waals surface area contributed by atoms with Crippen LogP contribution < -0.4 is 0 Å². The molecule has 0 fully saturated rings. The lowest BCUT2D eigenvalue weighted by Crippen LogP contribution is -2.13. The van der Waals surface area contributed by atoms with E-state index in [1.807, 2.05) is 33.8 Å². The molecule has 16 heavy (non-hydrogen) atoms. The summed E-state index contributed by atoms with van der Waals surface area (Å²) in [7, 11) is 0. The minimum absolute atomic E-state index is 0.0849. The third-order valence-electron chi connectivity index (χ3n) is 2.77. The highest BCUT2D eigenvalue weighted by atomic mass is 16.3. The van der Waals surface area contributed by atoms with Gasteiger partial charge in [-0.05, 0) is 30.4 Å². The second-order valence-corrected chi connectivity index (χ2v) is 5.20. The third-order valence-corrected chi connectivity index (χ3v) is 2.77. The van der Waals surface area contributed by atoms with Crippen molar-refractivity contribution in [1.82, 2.24) is 0 Å². The molecular weight excluding hydrogens is 200 g/mol. The molecule has 1 rings (SSSR count). The first kappa shape index (κ1) is 12.8. The van der Waals surface area contributed by atoms with Crippen molar-refractivity contribution in [2.45, 2.75) is 46.5 Å². The number of benzene rings is 1. The zero-order valence-corrected chi connectivity index (χ0v) is 10.7. The van der Waals surface area contributed by atoms with Crippen molar-refractivity contribution < 1.29 is 9.90 Å². The van der Waals surface area contributed by atoms with Crippen LogP contribution >= 0.6 is 0 Å². The number of phenolic OH excluding ortho intramolecular Hbond substituents is 1. The summed E-state index contributed by atoms with van der Waals surface area (Å²) in [5.41, 5.74) is 2.22. The number of phenols is 1. The van der Waals surface area contributed by atoms with E-state index in [9.17, 15) is 9.90 Å². The fraction of sp³-hybridized carbons (Fsp3) is 0.500. The average molecular weight is 220 g/mol. The first-order valence-corrected chi connectivity index (χ1v) is 5.64. The van der Waals surface area contributed by atoms with Gasteiger partial charge in [-0.15, -0.1) is 0 Å². The van der Waals surface area contributed by atoms with Crippen molar-refractivity contribution in [1.29, 1.82) is 0 Å². The molecule has 0 amide bonds. The summed E-state index contributed by atoms with van der Waals surface area (Å²) in [6.07, 6.45) is 0.865. The molecule has 1 aromatic rings. The average Bonchev–Trinajstić information content (AvgIpc) is 2.15. The minimum Gasteiger partial charge on any atom is -0.507 e. The maximum absolute atomic E-state index is 11.5. The Kier molecular flexibility index (Phi) is 3.41. The lowest BCUT2D eigenvalue weighted by Gasteiger charge is -2.22. The Bertz CT molecular complexity index is 411. The topological polar surface area (TPSA) is 37.3 Å². The highest BCUT2D eigenvalue weighted by molar-refractivity contribution is 5.97. The SMILES string of the molecule is CCc1cc(C(C)=O)c(O)c(C(C)(C)C)c1. The summed E-state index contributed by atoms with van der Waals surface area (Å²) >= 11 is 0. The number of aromatic hydroxyl groups is 1. The van der Waals surface area contributed by atoms with Crippen LogP contribution in [0.25, 0.3) is 0 Å². The van der Waals surface area contributed by atoms with E-state index in [-0.39, 0.29) is 16.9 Å². The van der Waals surface area contributed by atoms with Gasteiger partial charge >= 0.3 is 0 Å². The molecule has 0 saturated carbocycles. The normalized spacial score (nSPS) is 11.6. The molecule has 0 atom stereocenters. The molecule has 0 aliphatic rings. The Hall–Kier alpha value is -1.31. The summed E-state index contributed by atoms with van der Waals surface area (Å²) in [5, 5.41) is 10.1. The summed E-state index contributed by atoms with van der Waals surface area (Å²) in [6, 6.07) is 3.77. The van der Waals surface area contributed by atoms with Crippen molar-refractivity contribution >= 4 is 5.78 Å². The minimum atomic E-state index is -0.153. The lowest BCUT2D eigenvalue weighted by atomic mass is 9.83. The number of hydrogen-bond donors (Lipinski definition) is 1. The fourth-order valence-electron chi connectivity index (χ4n) is 1.74. The van der Waals surface area contributed by atoms with E-state index in [4.69, 9.17) is 0 Å². The molecule has 0 spiro atoms. The Labute approximate surface area is 97.3 Å². The van der Waals surface area contributed by atoms with Crippen LogP contribution in [0.4, 0.5) is 0 Å². The monoisotopic (exact) mass is 220 g/mol. The van der Waals surface area contributed by atoms with Crippen LogP contribution in [0.3, 0.4) is 0 Å². The van der Waals surface area contributed by atoms with Crippen molar-refractivity contribution in [3.05, 3.63) is 28.8 Å². The van der Waals surface area contributed by atoms with Gasteiger partial charge in [-0.1, -0.05) is 33.8 Å². The number of carbonyl (C=O) groups excluding carboxylic acids is 1. The molecule has 0 unspecified atom stereocenters. The molecule has 0 radical (unpaired) electrons.